The fraction of sp³-hybridized carbons (Fsp3) is 0.231. The van der Waals surface area contributed by atoms with Crippen LogP contribution in [0.4, 0.5) is 9.18 Å². The van der Waals surface area contributed by atoms with Crippen LogP contribution in [-0.2, 0) is 4.74 Å². The Balaban J connectivity index is 1.28. The third-order valence-electron chi connectivity index (χ3n) is 5.91. The molecule has 1 aliphatic carbocycles. The van der Waals surface area contributed by atoms with Gasteiger partial charge in [0.25, 0.3) is 0 Å². The summed E-state index contributed by atoms with van der Waals surface area (Å²) in [6.45, 7) is 0.233. The van der Waals surface area contributed by atoms with Crippen molar-refractivity contribution in [2.45, 2.75) is 24.5 Å². The van der Waals surface area contributed by atoms with Gasteiger partial charge in [-0.25, -0.2) is 9.18 Å². The maximum absolute atomic E-state index is 13.7. The smallest absolute Gasteiger partial charge is 0.407 e. The SMILES string of the molecule is O=Cc1ccc(C(O)C(O)CCNC(=O)OCC2c3ccccc3-c3ccccc32)cc1F. The average molecular weight is 449 g/mol. The van der Waals surface area contributed by atoms with E-state index in [1.54, 1.807) is 0 Å². The second-order valence-electron chi connectivity index (χ2n) is 7.95. The third-order valence-corrected chi connectivity index (χ3v) is 5.91. The highest BCUT2D eigenvalue weighted by Gasteiger charge is 2.29. The normalized spacial score (nSPS) is 14.2. The van der Waals surface area contributed by atoms with Crippen molar-refractivity contribution in [3.63, 3.8) is 0 Å². The van der Waals surface area contributed by atoms with Gasteiger partial charge in [-0.1, -0.05) is 54.6 Å². The van der Waals surface area contributed by atoms with Crippen LogP contribution in [0.25, 0.3) is 11.1 Å². The Hall–Kier alpha value is -3.55. The van der Waals surface area contributed by atoms with E-state index in [1.165, 1.54) is 12.1 Å². The molecule has 3 aromatic carbocycles. The van der Waals surface area contributed by atoms with Crippen molar-refractivity contribution in [3.05, 3.63) is 94.8 Å². The molecule has 2 atom stereocenters. The molecule has 0 aliphatic heterocycles. The first-order valence-corrected chi connectivity index (χ1v) is 10.7. The van der Waals surface area contributed by atoms with Crippen LogP contribution in [-0.4, -0.2) is 41.8 Å². The number of nitrogens with one attached hydrogen (secondary N) is 1. The van der Waals surface area contributed by atoms with E-state index in [2.05, 4.69) is 17.4 Å². The molecule has 6 nitrogen and oxygen atoms in total. The molecule has 0 saturated carbocycles. The van der Waals surface area contributed by atoms with Gasteiger partial charge in [-0.2, -0.15) is 0 Å². The zero-order chi connectivity index (χ0) is 23.4. The van der Waals surface area contributed by atoms with Gasteiger partial charge < -0.3 is 20.3 Å². The minimum Gasteiger partial charge on any atom is -0.449 e. The number of aldehydes is 1. The summed E-state index contributed by atoms with van der Waals surface area (Å²) in [6.07, 6.45) is -2.81. The summed E-state index contributed by atoms with van der Waals surface area (Å²) in [5.74, 6) is -0.828. The lowest BCUT2D eigenvalue weighted by molar-refractivity contribution is 0.0135. The number of alkyl carbamates (subject to hydrolysis) is 1. The van der Waals surface area contributed by atoms with E-state index in [-0.39, 0.29) is 36.6 Å². The maximum atomic E-state index is 13.7. The second kappa shape index (κ2) is 9.94. The van der Waals surface area contributed by atoms with Crippen molar-refractivity contribution >= 4 is 12.4 Å². The van der Waals surface area contributed by atoms with Crippen LogP contribution in [0.15, 0.2) is 66.7 Å². The van der Waals surface area contributed by atoms with Gasteiger partial charge in [0.15, 0.2) is 6.29 Å². The zero-order valence-corrected chi connectivity index (χ0v) is 17.8. The Morgan fingerprint density at radius 1 is 1.03 bits per heavy atom. The van der Waals surface area contributed by atoms with Crippen LogP contribution in [0.3, 0.4) is 0 Å². The number of aliphatic hydroxyl groups is 2. The summed E-state index contributed by atoms with van der Waals surface area (Å²) in [4.78, 5) is 22.9. The van der Waals surface area contributed by atoms with Gasteiger partial charge in [-0.05, 0) is 46.4 Å². The van der Waals surface area contributed by atoms with Crippen molar-refractivity contribution in [2.24, 2.45) is 0 Å². The fourth-order valence-electron chi connectivity index (χ4n) is 4.17. The number of rotatable bonds is 8. The first kappa shape index (κ1) is 22.6. The summed E-state index contributed by atoms with van der Waals surface area (Å²) in [5.41, 5.74) is 4.51. The number of aliphatic hydroxyl groups excluding tert-OH is 2. The molecule has 0 aromatic heterocycles. The molecule has 7 heteroatoms. The molecule has 0 heterocycles. The third kappa shape index (κ3) is 4.79. The molecular weight excluding hydrogens is 425 g/mol. The van der Waals surface area contributed by atoms with Gasteiger partial charge in [0.2, 0.25) is 0 Å². The Bertz CT molecular complexity index is 1120. The predicted octanol–water partition coefficient (Wildman–Crippen LogP) is 3.96. The van der Waals surface area contributed by atoms with Crippen LogP contribution in [0.2, 0.25) is 0 Å². The highest BCUT2D eigenvalue weighted by Crippen LogP contribution is 2.44. The minimum atomic E-state index is -1.36. The summed E-state index contributed by atoms with van der Waals surface area (Å²) >= 11 is 0. The number of halogens is 1. The molecule has 33 heavy (non-hydrogen) atoms. The Morgan fingerprint density at radius 3 is 2.27 bits per heavy atom. The Kier molecular flexibility index (Phi) is 6.82. The molecule has 170 valence electrons. The molecular formula is C26H24FNO5. The number of fused-ring (bicyclic) bond motifs is 3. The van der Waals surface area contributed by atoms with Crippen LogP contribution in [0.5, 0.6) is 0 Å². The monoisotopic (exact) mass is 449 g/mol. The van der Waals surface area contributed by atoms with Crippen LogP contribution >= 0.6 is 0 Å². The standard InChI is InChI=1S/C26H24FNO5/c27-23-13-16(9-10-17(23)14-29)25(31)24(30)11-12-28-26(32)33-15-22-20-7-3-1-5-18(20)19-6-2-4-8-21(19)22/h1-10,13-14,22,24-25,30-31H,11-12,15H2,(H,28,32). The van der Waals surface area contributed by atoms with Gasteiger partial charge >= 0.3 is 6.09 Å². The van der Waals surface area contributed by atoms with Gasteiger partial charge in [-0.3, -0.25) is 4.79 Å². The molecule has 4 rings (SSSR count). The maximum Gasteiger partial charge on any atom is 0.407 e. The lowest BCUT2D eigenvalue weighted by atomic mass is 9.98. The molecule has 1 amide bonds. The number of amides is 1. The molecule has 3 N–H and O–H groups in total. The van der Waals surface area contributed by atoms with Crippen molar-refractivity contribution in [1.29, 1.82) is 0 Å². The number of carbonyl (C=O) groups is 2. The molecule has 0 spiro atoms. The van der Waals surface area contributed by atoms with Crippen LogP contribution in [0, 0.1) is 5.82 Å². The second-order valence-corrected chi connectivity index (χ2v) is 7.95. The number of hydrogen-bond donors (Lipinski definition) is 3. The fourth-order valence-corrected chi connectivity index (χ4v) is 4.17. The largest absolute Gasteiger partial charge is 0.449 e. The van der Waals surface area contributed by atoms with E-state index in [4.69, 9.17) is 4.74 Å². The zero-order valence-electron chi connectivity index (χ0n) is 17.8. The van der Waals surface area contributed by atoms with Gasteiger partial charge in [0, 0.05) is 12.5 Å². The molecule has 2 unspecified atom stereocenters. The van der Waals surface area contributed by atoms with Crippen molar-refractivity contribution in [3.8, 4) is 11.1 Å². The molecule has 0 bridgehead atoms. The summed E-state index contributed by atoms with van der Waals surface area (Å²) < 4.78 is 19.2. The first-order chi connectivity index (χ1) is 16.0. The van der Waals surface area contributed by atoms with Crippen LogP contribution < -0.4 is 5.32 Å². The summed E-state index contributed by atoms with van der Waals surface area (Å²) in [6, 6.07) is 19.7. The highest BCUT2D eigenvalue weighted by molar-refractivity contribution is 5.79. The van der Waals surface area contributed by atoms with Crippen molar-refractivity contribution < 1.29 is 28.9 Å². The minimum absolute atomic E-state index is 0.0302. The Labute approximate surface area is 190 Å². The van der Waals surface area contributed by atoms with E-state index in [1.807, 2.05) is 36.4 Å². The quantitative estimate of drug-likeness (QED) is 0.453. The first-order valence-electron chi connectivity index (χ1n) is 10.7. The molecule has 0 saturated heterocycles. The predicted molar refractivity (Wildman–Crippen MR) is 120 cm³/mol. The summed E-state index contributed by atoms with van der Waals surface area (Å²) in [7, 11) is 0. The van der Waals surface area contributed by atoms with Crippen molar-refractivity contribution in [1.82, 2.24) is 5.32 Å². The van der Waals surface area contributed by atoms with E-state index < -0.39 is 24.1 Å². The molecule has 0 fully saturated rings. The van der Waals surface area contributed by atoms with Gasteiger partial charge in [0.05, 0.1) is 11.7 Å². The topological polar surface area (TPSA) is 95.9 Å². The van der Waals surface area contributed by atoms with E-state index in [9.17, 15) is 24.2 Å². The molecule has 0 radical (unpaired) electrons. The Morgan fingerprint density at radius 2 is 1.67 bits per heavy atom. The number of benzene rings is 3. The van der Waals surface area contributed by atoms with E-state index in [0.29, 0.717) is 6.29 Å². The van der Waals surface area contributed by atoms with E-state index >= 15 is 0 Å². The number of hydrogen-bond acceptors (Lipinski definition) is 5. The number of ether oxygens (including phenoxy) is 1. The van der Waals surface area contributed by atoms with E-state index in [0.717, 1.165) is 28.3 Å². The number of carbonyl (C=O) groups excluding carboxylic acids is 2. The van der Waals surface area contributed by atoms with Gasteiger partial charge in [-0.15, -0.1) is 0 Å². The van der Waals surface area contributed by atoms with Gasteiger partial charge in [0.1, 0.15) is 18.5 Å². The average Bonchev–Trinajstić information content (AvgIpc) is 3.16. The van der Waals surface area contributed by atoms with Crippen LogP contribution in [0.1, 0.15) is 45.5 Å². The van der Waals surface area contributed by atoms with Crippen molar-refractivity contribution in [2.75, 3.05) is 13.2 Å². The molecule has 3 aromatic rings. The highest BCUT2D eigenvalue weighted by atomic mass is 19.1. The lowest BCUT2D eigenvalue weighted by Gasteiger charge is -2.19. The lowest BCUT2D eigenvalue weighted by Crippen LogP contribution is -2.30. The molecule has 1 aliphatic rings. The summed E-state index contributed by atoms with van der Waals surface area (Å²) in [5, 5.41) is 23.0.